The number of halogens is 1. The van der Waals surface area contributed by atoms with Crippen molar-refractivity contribution in [1.82, 2.24) is 9.88 Å². The van der Waals surface area contributed by atoms with Crippen molar-refractivity contribution in [2.45, 2.75) is 45.3 Å². The summed E-state index contributed by atoms with van der Waals surface area (Å²) in [6.07, 6.45) is 1.39. The summed E-state index contributed by atoms with van der Waals surface area (Å²) in [4.78, 5) is 30.2. The number of aromatic nitrogens is 1. The summed E-state index contributed by atoms with van der Waals surface area (Å²) >= 11 is 5.81. The molecule has 1 amide bonds. The highest BCUT2D eigenvalue weighted by atomic mass is 35.5. The van der Waals surface area contributed by atoms with Gasteiger partial charge in [-0.1, -0.05) is 17.7 Å². The van der Waals surface area contributed by atoms with E-state index in [0.29, 0.717) is 13.0 Å². The molecule has 0 saturated carbocycles. The highest BCUT2D eigenvalue weighted by Crippen LogP contribution is 2.23. The van der Waals surface area contributed by atoms with Gasteiger partial charge in [0.15, 0.2) is 0 Å². The van der Waals surface area contributed by atoms with Crippen molar-refractivity contribution in [2.75, 3.05) is 6.54 Å². The van der Waals surface area contributed by atoms with Gasteiger partial charge >= 0.3 is 5.97 Å². The second kappa shape index (κ2) is 6.02. The van der Waals surface area contributed by atoms with Crippen LogP contribution in [0.1, 0.15) is 44.1 Å². The summed E-state index contributed by atoms with van der Waals surface area (Å²) in [6.45, 7) is 5.95. The fourth-order valence-corrected chi connectivity index (χ4v) is 2.46. The first-order chi connectivity index (χ1) is 9.78. The monoisotopic (exact) mass is 310 g/mol. The molecular weight excluding hydrogens is 292 g/mol. The van der Waals surface area contributed by atoms with Crippen molar-refractivity contribution in [1.29, 1.82) is 0 Å². The molecule has 1 aliphatic heterocycles. The van der Waals surface area contributed by atoms with Crippen molar-refractivity contribution in [3.05, 3.63) is 29.0 Å². The Morgan fingerprint density at radius 1 is 1.38 bits per heavy atom. The number of carbonyl (C=O) groups excluding carboxylic acids is 2. The smallest absolute Gasteiger partial charge is 0.329 e. The summed E-state index contributed by atoms with van der Waals surface area (Å²) in [5.74, 6) is -0.652. The molecule has 0 N–H and O–H groups in total. The molecule has 21 heavy (non-hydrogen) atoms. The van der Waals surface area contributed by atoms with Crippen LogP contribution in [0.5, 0.6) is 0 Å². The van der Waals surface area contributed by atoms with Crippen LogP contribution in [-0.2, 0) is 9.53 Å². The number of pyridine rings is 1. The topological polar surface area (TPSA) is 59.5 Å². The van der Waals surface area contributed by atoms with E-state index in [0.717, 1.165) is 6.42 Å². The van der Waals surface area contributed by atoms with E-state index in [9.17, 15) is 9.59 Å². The molecule has 1 atom stereocenters. The maximum absolute atomic E-state index is 12.5. The largest absolute Gasteiger partial charge is 0.458 e. The van der Waals surface area contributed by atoms with Gasteiger partial charge in [-0.15, -0.1) is 0 Å². The predicted molar refractivity (Wildman–Crippen MR) is 79.2 cm³/mol. The van der Waals surface area contributed by atoms with E-state index in [1.54, 1.807) is 18.2 Å². The van der Waals surface area contributed by atoms with Gasteiger partial charge in [-0.05, 0) is 45.7 Å². The van der Waals surface area contributed by atoms with E-state index in [1.807, 2.05) is 20.8 Å². The molecule has 0 radical (unpaired) electrons. The Labute approximate surface area is 129 Å². The molecule has 6 heteroatoms. The zero-order valence-corrected chi connectivity index (χ0v) is 13.2. The maximum atomic E-state index is 12.5. The molecule has 1 fully saturated rings. The molecule has 5 nitrogen and oxygen atoms in total. The van der Waals surface area contributed by atoms with Crippen molar-refractivity contribution in [3.8, 4) is 0 Å². The highest BCUT2D eigenvalue weighted by Gasteiger charge is 2.37. The molecular formula is C15H19ClN2O3. The lowest BCUT2D eigenvalue weighted by Gasteiger charge is -2.27. The molecule has 2 rings (SSSR count). The fraction of sp³-hybridized carbons (Fsp3) is 0.533. The van der Waals surface area contributed by atoms with Crippen LogP contribution >= 0.6 is 11.6 Å². The fourth-order valence-electron chi connectivity index (χ4n) is 2.30. The molecule has 1 aromatic heterocycles. The minimum Gasteiger partial charge on any atom is -0.458 e. The van der Waals surface area contributed by atoms with E-state index in [-0.39, 0.29) is 22.7 Å². The van der Waals surface area contributed by atoms with Crippen molar-refractivity contribution in [3.63, 3.8) is 0 Å². The van der Waals surface area contributed by atoms with E-state index < -0.39 is 11.6 Å². The lowest BCUT2D eigenvalue weighted by Crippen LogP contribution is -2.43. The van der Waals surface area contributed by atoms with Crippen LogP contribution in [0.3, 0.4) is 0 Å². The quantitative estimate of drug-likeness (QED) is 0.622. The van der Waals surface area contributed by atoms with Crippen LogP contribution in [0.2, 0.25) is 5.15 Å². The van der Waals surface area contributed by atoms with Crippen LogP contribution in [-0.4, -0.2) is 39.9 Å². The maximum Gasteiger partial charge on any atom is 0.329 e. The van der Waals surface area contributed by atoms with Gasteiger partial charge in [0.25, 0.3) is 5.91 Å². The van der Waals surface area contributed by atoms with Crippen molar-refractivity contribution in [2.24, 2.45) is 0 Å². The normalized spacial score (nSPS) is 18.7. The molecule has 2 heterocycles. The van der Waals surface area contributed by atoms with Crippen LogP contribution in [0, 0.1) is 0 Å². The van der Waals surface area contributed by atoms with Gasteiger partial charge in [0, 0.05) is 6.54 Å². The number of rotatable bonds is 2. The first kappa shape index (κ1) is 15.8. The number of hydrogen-bond acceptors (Lipinski definition) is 4. The van der Waals surface area contributed by atoms with Gasteiger partial charge in [0.05, 0.1) is 0 Å². The van der Waals surface area contributed by atoms with Gasteiger partial charge < -0.3 is 9.64 Å². The lowest BCUT2D eigenvalue weighted by molar-refractivity contribution is -0.159. The Morgan fingerprint density at radius 2 is 2.10 bits per heavy atom. The number of amides is 1. The summed E-state index contributed by atoms with van der Waals surface area (Å²) in [6, 6.07) is 4.32. The van der Waals surface area contributed by atoms with Gasteiger partial charge in [-0.3, -0.25) is 4.79 Å². The van der Waals surface area contributed by atoms with Crippen molar-refractivity contribution < 1.29 is 14.3 Å². The average molecular weight is 311 g/mol. The Bertz CT molecular complexity index is 554. The van der Waals surface area contributed by atoms with Crippen LogP contribution in [0.25, 0.3) is 0 Å². The molecule has 0 bridgehead atoms. The molecule has 0 aliphatic carbocycles. The summed E-state index contributed by atoms with van der Waals surface area (Å²) in [5.41, 5.74) is -0.319. The summed E-state index contributed by atoms with van der Waals surface area (Å²) in [5, 5.41) is 0.258. The second-order valence-electron chi connectivity index (χ2n) is 6.04. The van der Waals surface area contributed by atoms with E-state index in [1.165, 1.54) is 4.90 Å². The first-order valence-corrected chi connectivity index (χ1v) is 7.32. The second-order valence-corrected chi connectivity index (χ2v) is 6.42. The number of ether oxygens (including phenoxy) is 1. The Morgan fingerprint density at radius 3 is 2.71 bits per heavy atom. The molecule has 0 aromatic carbocycles. The summed E-state index contributed by atoms with van der Waals surface area (Å²) < 4.78 is 5.38. The lowest BCUT2D eigenvalue weighted by atomic mass is 10.1. The van der Waals surface area contributed by atoms with Gasteiger partial charge in [-0.2, -0.15) is 0 Å². The zero-order valence-electron chi connectivity index (χ0n) is 12.4. The van der Waals surface area contributed by atoms with Gasteiger partial charge in [0.2, 0.25) is 0 Å². The van der Waals surface area contributed by atoms with E-state index >= 15 is 0 Å². The van der Waals surface area contributed by atoms with Gasteiger partial charge in [0.1, 0.15) is 22.5 Å². The van der Waals surface area contributed by atoms with Gasteiger partial charge in [-0.25, -0.2) is 9.78 Å². The highest BCUT2D eigenvalue weighted by molar-refractivity contribution is 6.29. The third kappa shape index (κ3) is 3.94. The Hall–Kier alpha value is -1.62. The minimum absolute atomic E-state index is 0.248. The van der Waals surface area contributed by atoms with Crippen LogP contribution in [0.4, 0.5) is 0 Å². The number of hydrogen-bond donors (Lipinski definition) is 0. The average Bonchev–Trinajstić information content (AvgIpc) is 2.85. The summed E-state index contributed by atoms with van der Waals surface area (Å²) in [7, 11) is 0. The minimum atomic E-state index is -0.567. The van der Waals surface area contributed by atoms with E-state index in [4.69, 9.17) is 16.3 Å². The SMILES string of the molecule is CC(C)(C)OC(=O)[C@H]1CCCN1C(=O)c1cccc(Cl)n1. The zero-order chi connectivity index (χ0) is 15.6. The predicted octanol–water partition coefficient (Wildman–Crippen LogP) is 2.68. The molecule has 1 aromatic rings. The number of carbonyl (C=O) groups is 2. The third-order valence-corrected chi connectivity index (χ3v) is 3.34. The number of esters is 1. The third-order valence-electron chi connectivity index (χ3n) is 3.13. The van der Waals surface area contributed by atoms with Crippen LogP contribution < -0.4 is 0 Å². The number of nitrogens with zero attached hydrogens (tertiary/aromatic N) is 2. The molecule has 114 valence electrons. The first-order valence-electron chi connectivity index (χ1n) is 6.94. The molecule has 1 saturated heterocycles. The van der Waals surface area contributed by atoms with E-state index in [2.05, 4.69) is 4.98 Å². The standard InChI is InChI=1S/C15H19ClN2O3/c1-15(2,3)21-14(20)11-7-5-9-18(11)13(19)10-6-4-8-12(16)17-10/h4,6,8,11H,5,7,9H2,1-3H3/t11-/m1/s1. The Balaban J connectivity index is 2.15. The molecule has 1 aliphatic rings. The Kier molecular flexibility index (Phi) is 4.52. The van der Waals surface area contributed by atoms with Crippen LogP contribution in [0.15, 0.2) is 18.2 Å². The number of likely N-dealkylation sites (tertiary alicyclic amines) is 1. The molecule has 0 spiro atoms. The van der Waals surface area contributed by atoms with Crippen molar-refractivity contribution >= 4 is 23.5 Å². The molecule has 0 unspecified atom stereocenters.